The van der Waals surface area contributed by atoms with Crippen LogP contribution in [-0.4, -0.2) is 9.81 Å². The second-order valence-corrected chi connectivity index (χ2v) is 3.87. The van der Waals surface area contributed by atoms with Gasteiger partial charge >= 0.3 is 0 Å². The number of carbonyl (C=O) groups is 1. The number of halogens is 1. The third-order valence-electron chi connectivity index (χ3n) is 2.46. The van der Waals surface area contributed by atoms with Crippen molar-refractivity contribution < 1.29 is 4.79 Å². The Kier molecular flexibility index (Phi) is 2.78. The molecular weight excluding hydrogens is 210 g/mol. The zero-order valence-corrected chi connectivity index (χ0v) is 9.29. The van der Waals surface area contributed by atoms with Gasteiger partial charge in [0.15, 0.2) is 0 Å². The first-order chi connectivity index (χ1) is 7.24. The van der Waals surface area contributed by atoms with Crippen LogP contribution in [-0.2, 0) is 6.54 Å². The molecule has 0 saturated carbocycles. The Morgan fingerprint density at radius 1 is 1.40 bits per heavy atom. The third kappa shape index (κ3) is 1.77. The quantitative estimate of drug-likeness (QED) is 0.728. The summed E-state index contributed by atoms with van der Waals surface area (Å²) >= 11 is 5.54. The van der Waals surface area contributed by atoms with Crippen LogP contribution in [0.1, 0.15) is 23.7 Å². The molecule has 0 aliphatic heterocycles. The van der Waals surface area contributed by atoms with Crippen molar-refractivity contribution in [3.63, 3.8) is 0 Å². The van der Waals surface area contributed by atoms with Gasteiger partial charge in [-0.2, -0.15) is 0 Å². The Morgan fingerprint density at radius 3 is 2.80 bits per heavy atom. The Bertz CT molecular complexity index is 501. The van der Waals surface area contributed by atoms with Crippen LogP contribution < -0.4 is 0 Å². The van der Waals surface area contributed by atoms with E-state index < -0.39 is 0 Å². The fourth-order valence-electron chi connectivity index (χ4n) is 1.83. The second-order valence-electron chi connectivity index (χ2n) is 3.53. The molecule has 0 bridgehead atoms. The molecule has 0 radical (unpaired) electrons. The highest BCUT2D eigenvalue weighted by atomic mass is 35.5. The maximum absolute atomic E-state index is 11.2. The van der Waals surface area contributed by atoms with Gasteiger partial charge in [0.2, 0.25) is 0 Å². The van der Waals surface area contributed by atoms with Gasteiger partial charge in [0.25, 0.3) is 5.24 Å². The summed E-state index contributed by atoms with van der Waals surface area (Å²) in [6.45, 7) is 3.02. The van der Waals surface area contributed by atoms with Crippen molar-refractivity contribution in [2.45, 2.75) is 19.9 Å². The maximum Gasteiger partial charge on any atom is 0.254 e. The molecule has 0 spiro atoms. The van der Waals surface area contributed by atoms with Crippen molar-refractivity contribution in [1.29, 1.82) is 0 Å². The standard InChI is InChI=1S/C12H12ClNO/c1-2-7-14-8-10(12(13)15)9-5-3-4-6-11(9)14/h3-6,8H,2,7H2,1H3. The summed E-state index contributed by atoms with van der Waals surface area (Å²) in [5, 5.41) is 0.548. The summed E-state index contributed by atoms with van der Waals surface area (Å²) in [7, 11) is 0. The number of carbonyl (C=O) groups excluding carboxylic acids is 1. The average molecular weight is 222 g/mol. The van der Waals surface area contributed by atoms with Crippen LogP contribution in [0.4, 0.5) is 0 Å². The topological polar surface area (TPSA) is 22.0 Å². The predicted molar refractivity (Wildman–Crippen MR) is 62.4 cm³/mol. The predicted octanol–water partition coefficient (Wildman–Crippen LogP) is 3.43. The monoisotopic (exact) mass is 221 g/mol. The fraction of sp³-hybridized carbons (Fsp3) is 0.250. The van der Waals surface area contributed by atoms with E-state index in [0.717, 1.165) is 23.9 Å². The molecule has 78 valence electrons. The molecule has 1 aromatic carbocycles. The number of hydrogen-bond acceptors (Lipinski definition) is 1. The molecule has 0 aliphatic carbocycles. The molecule has 0 unspecified atom stereocenters. The summed E-state index contributed by atoms with van der Waals surface area (Å²) in [6.07, 6.45) is 2.87. The Labute approximate surface area is 93.5 Å². The highest BCUT2D eigenvalue weighted by molar-refractivity contribution is 6.68. The Morgan fingerprint density at radius 2 is 2.13 bits per heavy atom. The van der Waals surface area contributed by atoms with E-state index in [0.29, 0.717) is 5.56 Å². The molecular formula is C12H12ClNO. The largest absolute Gasteiger partial charge is 0.347 e. The molecule has 0 aliphatic rings. The van der Waals surface area contributed by atoms with Crippen molar-refractivity contribution in [3.8, 4) is 0 Å². The van der Waals surface area contributed by atoms with E-state index in [9.17, 15) is 4.79 Å². The van der Waals surface area contributed by atoms with Crippen LogP contribution in [0.3, 0.4) is 0 Å². The number of para-hydroxylation sites is 1. The van der Waals surface area contributed by atoms with Crippen LogP contribution in [0, 0.1) is 0 Å². The van der Waals surface area contributed by atoms with Gasteiger partial charge in [-0.3, -0.25) is 4.79 Å². The first-order valence-electron chi connectivity index (χ1n) is 5.01. The lowest BCUT2D eigenvalue weighted by atomic mass is 10.2. The van der Waals surface area contributed by atoms with E-state index in [1.165, 1.54) is 0 Å². The highest BCUT2D eigenvalue weighted by Crippen LogP contribution is 2.22. The summed E-state index contributed by atoms with van der Waals surface area (Å²) < 4.78 is 2.07. The van der Waals surface area contributed by atoms with Gasteiger partial charge in [0.05, 0.1) is 5.56 Å². The number of aromatic nitrogens is 1. The molecule has 0 N–H and O–H groups in total. The van der Waals surface area contributed by atoms with Crippen LogP contribution in [0.15, 0.2) is 30.5 Å². The van der Waals surface area contributed by atoms with Crippen LogP contribution in [0.5, 0.6) is 0 Å². The number of hydrogen-bond donors (Lipinski definition) is 0. The van der Waals surface area contributed by atoms with E-state index >= 15 is 0 Å². The van der Waals surface area contributed by atoms with Crippen LogP contribution in [0.2, 0.25) is 0 Å². The maximum atomic E-state index is 11.2. The van der Waals surface area contributed by atoms with Crippen molar-refractivity contribution in [2.24, 2.45) is 0 Å². The van der Waals surface area contributed by atoms with Gasteiger partial charge < -0.3 is 4.57 Å². The van der Waals surface area contributed by atoms with E-state index in [4.69, 9.17) is 11.6 Å². The fourth-order valence-corrected chi connectivity index (χ4v) is 1.98. The molecule has 0 amide bonds. The molecule has 3 heteroatoms. The van der Waals surface area contributed by atoms with Crippen molar-refractivity contribution in [2.75, 3.05) is 0 Å². The van der Waals surface area contributed by atoms with Crippen molar-refractivity contribution in [3.05, 3.63) is 36.0 Å². The van der Waals surface area contributed by atoms with Gasteiger partial charge in [0.1, 0.15) is 0 Å². The minimum Gasteiger partial charge on any atom is -0.347 e. The summed E-state index contributed by atoms with van der Waals surface area (Å²) in [5.74, 6) is 0. The summed E-state index contributed by atoms with van der Waals surface area (Å²) in [4.78, 5) is 11.2. The molecule has 1 heterocycles. The molecule has 2 rings (SSSR count). The van der Waals surface area contributed by atoms with Crippen LogP contribution in [0.25, 0.3) is 10.9 Å². The first kappa shape index (κ1) is 10.2. The number of nitrogens with zero attached hydrogens (tertiary/aromatic N) is 1. The molecule has 2 aromatic rings. The van der Waals surface area contributed by atoms with Gasteiger partial charge in [-0.15, -0.1) is 0 Å². The van der Waals surface area contributed by atoms with Crippen LogP contribution >= 0.6 is 11.6 Å². The number of benzene rings is 1. The van der Waals surface area contributed by atoms with Gasteiger partial charge in [-0.25, -0.2) is 0 Å². The second kappa shape index (κ2) is 4.07. The number of fused-ring (bicyclic) bond motifs is 1. The Balaban J connectivity index is 2.67. The normalized spacial score (nSPS) is 10.8. The molecule has 0 saturated heterocycles. The minimum atomic E-state index is -0.388. The lowest BCUT2D eigenvalue weighted by Crippen LogP contribution is -1.93. The zero-order chi connectivity index (χ0) is 10.8. The number of rotatable bonds is 3. The molecule has 0 fully saturated rings. The van der Waals surface area contributed by atoms with E-state index in [1.807, 2.05) is 30.5 Å². The summed E-state index contributed by atoms with van der Waals surface area (Å²) in [6, 6.07) is 7.82. The SMILES string of the molecule is CCCn1cc(C(=O)Cl)c2ccccc21. The minimum absolute atomic E-state index is 0.388. The number of aryl methyl sites for hydroxylation is 1. The molecule has 15 heavy (non-hydrogen) atoms. The smallest absolute Gasteiger partial charge is 0.254 e. The summed E-state index contributed by atoms with van der Waals surface area (Å²) in [5.41, 5.74) is 1.67. The lowest BCUT2D eigenvalue weighted by Gasteiger charge is -2.00. The third-order valence-corrected chi connectivity index (χ3v) is 2.67. The average Bonchev–Trinajstić information content (AvgIpc) is 2.59. The Hall–Kier alpha value is -1.28. The van der Waals surface area contributed by atoms with E-state index in [-0.39, 0.29) is 5.24 Å². The van der Waals surface area contributed by atoms with Crippen molar-refractivity contribution in [1.82, 2.24) is 4.57 Å². The zero-order valence-electron chi connectivity index (χ0n) is 8.53. The molecule has 0 atom stereocenters. The van der Waals surface area contributed by atoms with E-state index in [1.54, 1.807) is 0 Å². The lowest BCUT2D eigenvalue weighted by molar-refractivity contribution is 0.108. The van der Waals surface area contributed by atoms with Gasteiger partial charge in [-0.1, -0.05) is 25.1 Å². The van der Waals surface area contributed by atoms with Gasteiger partial charge in [-0.05, 0) is 24.1 Å². The highest BCUT2D eigenvalue weighted by Gasteiger charge is 2.11. The van der Waals surface area contributed by atoms with Gasteiger partial charge in [0, 0.05) is 23.6 Å². The molecule has 1 aromatic heterocycles. The molecule has 2 nitrogen and oxygen atoms in total. The first-order valence-corrected chi connectivity index (χ1v) is 5.39. The van der Waals surface area contributed by atoms with Crippen molar-refractivity contribution >= 4 is 27.7 Å². The van der Waals surface area contributed by atoms with E-state index in [2.05, 4.69) is 11.5 Å².